The molecule has 0 unspecified atom stereocenters. The van der Waals surface area contributed by atoms with Gasteiger partial charge in [-0.15, -0.1) is 0 Å². The van der Waals surface area contributed by atoms with Crippen molar-refractivity contribution in [1.29, 1.82) is 0 Å². The van der Waals surface area contributed by atoms with Crippen LogP contribution in [0, 0.1) is 0 Å². The minimum atomic E-state index is 0.715. The van der Waals surface area contributed by atoms with Crippen LogP contribution in [0.2, 0.25) is 0 Å². The van der Waals surface area contributed by atoms with Crippen LogP contribution in [0.3, 0.4) is 0 Å². The van der Waals surface area contributed by atoms with Gasteiger partial charge in [-0.1, -0.05) is 19.9 Å². The Kier molecular flexibility index (Phi) is 6.48. The zero-order valence-electron chi connectivity index (χ0n) is 11.1. The Labute approximate surface area is 104 Å². The Morgan fingerprint density at radius 2 is 1.94 bits per heavy atom. The molecule has 1 aliphatic rings. The maximum Gasteiger partial charge on any atom is 0.121 e. The zero-order chi connectivity index (χ0) is 12.5. The van der Waals surface area contributed by atoms with E-state index in [9.17, 15) is 0 Å². The second-order valence-corrected chi connectivity index (χ2v) is 3.53. The molecule has 0 N–H and O–H groups in total. The quantitative estimate of drug-likeness (QED) is 0.806. The summed E-state index contributed by atoms with van der Waals surface area (Å²) in [6.45, 7) is 10.3. The number of nitrogens with zero attached hydrogens (tertiary/aromatic N) is 1. The van der Waals surface area contributed by atoms with E-state index in [1.54, 1.807) is 0 Å². The summed E-state index contributed by atoms with van der Waals surface area (Å²) in [5, 5.41) is 0. The molecule has 96 valence electrons. The molecule has 17 heavy (non-hydrogen) atoms. The number of ether oxygens (including phenoxy) is 2. The minimum Gasteiger partial charge on any atom is -0.494 e. The van der Waals surface area contributed by atoms with Crippen molar-refractivity contribution in [1.82, 2.24) is 0 Å². The monoisotopic (exact) mass is 237 g/mol. The largest absolute Gasteiger partial charge is 0.494 e. The van der Waals surface area contributed by atoms with E-state index in [2.05, 4.69) is 17.0 Å². The van der Waals surface area contributed by atoms with Gasteiger partial charge in [-0.05, 0) is 19.1 Å². The third-order valence-corrected chi connectivity index (χ3v) is 2.50. The highest BCUT2D eigenvalue weighted by atomic mass is 16.5. The summed E-state index contributed by atoms with van der Waals surface area (Å²) in [5.41, 5.74) is 1.23. The predicted octanol–water partition coefficient (Wildman–Crippen LogP) is 2.95. The molecule has 0 atom stereocenters. The summed E-state index contributed by atoms with van der Waals surface area (Å²) in [4.78, 5) is 2.33. The number of hydrogen-bond donors (Lipinski definition) is 0. The van der Waals surface area contributed by atoms with Crippen molar-refractivity contribution in [3.8, 4) is 5.75 Å². The molecule has 1 saturated heterocycles. The van der Waals surface area contributed by atoms with E-state index in [1.807, 2.05) is 32.9 Å². The molecule has 1 aromatic carbocycles. The average molecular weight is 237 g/mol. The molecule has 1 aliphatic heterocycles. The third kappa shape index (κ3) is 4.27. The Morgan fingerprint density at radius 3 is 2.59 bits per heavy atom. The SMILES string of the molecule is CC.CCOc1cccc(N2CCOCC2)c1. The molecule has 1 heterocycles. The number of morpholine rings is 1. The summed E-state index contributed by atoms with van der Waals surface area (Å²) in [5.74, 6) is 0.946. The molecule has 0 radical (unpaired) electrons. The first-order valence-corrected chi connectivity index (χ1v) is 6.45. The fourth-order valence-electron chi connectivity index (χ4n) is 1.76. The van der Waals surface area contributed by atoms with Crippen molar-refractivity contribution < 1.29 is 9.47 Å². The Bertz CT molecular complexity index is 309. The normalized spacial score (nSPS) is 14.9. The number of anilines is 1. The van der Waals surface area contributed by atoms with E-state index in [0.717, 1.165) is 32.1 Å². The lowest BCUT2D eigenvalue weighted by Crippen LogP contribution is -2.36. The van der Waals surface area contributed by atoms with E-state index >= 15 is 0 Å². The third-order valence-electron chi connectivity index (χ3n) is 2.50. The molecule has 3 heteroatoms. The van der Waals surface area contributed by atoms with Crippen molar-refractivity contribution >= 4 is 5.69 Å². The maximum absolute atomic E-state index is 5.48. The first-order chi connectivity index (χ1) is 8.40. The maximum atomic E-state index is 5.48. The molecule has 0 aromatic heterocycles. The van der Waals surface area contributed by atoms with Crippen molar-refractivity contribution in [2.75, 3.05) is 37.8 Å². The zero-order valence-corrected chi connectivity index (χ0v) is 11.1. The second kappa shape index (κ2) is 7.96. The molecule has 0 aliphatic carbocycles. The summed E-state index contributed by atoms with van der Waals surface area (Å²) in [6, 6.07) is 8.24. The summed E-state index contributed by atoms with van der Waals surface area (Å²) in [7, 11) is 0. The lowest BCUT2D eigenvalue weighted by Gasteiger charge is -2.29. The van der Waals surface area contributed by atoms with E-state index in [4.69, 9.17) is 9.47 Å². The van der Waals surface area contributed by atoms with Gasteiger partial charge < -0.3 is 14.4 Å². The van der Waals surface area contributed by atoms with Gasteiger partial charge in [0.05, 0.1) is 19.8 Å². The molecule has 0 saturated carbocycles. The first-order valence-electron chi connectivity index (χ1n) is 6.45. The van der Waals surface area contributed by atoms with Crippen LogP contribution in [-0.2, 0) is 4.74 Å². The van der Waals surface area contributed by atoms with Crippen molar-refractivity contribution in [2.24, 2.45) is 0 Å². The second-order valence-electron chi connectivity index (χ2n) is 3.53. The molecular weight excluding hydrogens is 214 g/mol. The highest BCUT2D eigenvalue weighted by Gasteiger charge is 2.11. The van der Waals surface area contributed by atoms with E-state index in [1.165, 1.54) is 5.69 Å². The highest BCUT2D eigenvalue weighted by molar-refractivity contribution is 5.50. The van der Waals surface area contributed by atoms with Crippen LogP contribution in [0.25, 0.3) is 0 Å². The molecule has 2 rings (SSSR count). The van der Waals surface area contributed by atoms with E-state index in [-0.39, 0.29) is 0 Å². The standard InChI is InChI=1S/C12H17NO2.C2H6/c1-2-15-12-5-3-4-11(10-12)13-6-8-14-9-7-13;1-2/h3-5,10H,2,6-9H2,1H3;1-2H3. The number of hydrogen-bond acceptors (Lipinski definition) is 3. The molecule has 0 spiro atoms. The summed E-state index contributed by atoms with van der Waals surface area (Å²) >= 11 is 0. The summed E-state index contributed by atoms with van der Waals surface area (Å²) < 4.78 is 10.8. The van der Waals surface area contributed by atoms with Crippen LogP contribution in [0.1, 0.15) is 20.8 Å². The molecule has 0 bridgehead atoms. The molecule has 1 aromatic rings. The van der Waals surface area contributed by atoms with Gasteiger partial charge in [-0.25, -0.2) is 0 Å². The fourth-order valence-corrected chi connectivity index (χ4v) is 1.76. The van der Waals surface area contributed by atoms with Crippen LogP contribution >= 0.6 is 0 Å². The molecule has 3 nitrogen and oxygen atoms in total. The smallest absolute Gasteiger partial charge is 0.121 e. The van der Waals surface area contributed by atoms with Gasteiger partial charge >= 0.3 is 0 Å². The topological polar surface area (TPSA) is 21.7 Å². The van der Waals surface area contributed by atoms with E-state index < -0.39 is 0 Å². The Morgan fingerprint density at radius 1 is 1.24 bits per heavy atom. The Hall–Kier alpha value is -1.22. The fraction of sp³-hybridized carbons (Fsp3) is 0.571. The van der Waals surface area contributed by atoms with Gasteiger partial charge in [0.2, 0.25) is 0 Å². The van der Waals surface area contributed by atoms with Gasteiger partial charge in [0.1, 0.15) is 5.75 Å². The van der Waals surface area contributed by atoms with Gasteiger partial charge in [0, 0.05) is 24.8 Å². The van der Waals surface area contributed by atoms with Crippen molar-refractivity contribution in [2.45, 2.75) is 20.8 Å². The molecule has 0 amide bonds. The van der Waals surface area contributed by atoms with Crippen molar-refractivity contribution in [3.05, 3.63) is 24.3 Å². The highest BCUT2D eigenvalue weighted by Crippen LogP contribution is 2.21. The van der Waals surface area contributed by atoms with Crippen LogP contribution < -0.4 is 9.64 Å². The van der Waals surface area contributed by atoms with Crippen LogP contribution in [0.4, 0.5) is 5.69 Å². The lowest BCUT2D eigenvalue weighted by molar-refractivity contribution is 0.122. The van der Waals surface area contributed by atoms with Crippen LogP contribution in [0.15, 0.2) is 24.3 Å². The van der Waals surface area contributed by atoms with Crippen LogP contribution in [0.5, 0.6) is 5.75 Å². The van der Waals surface area contributed by atoms with Gasteiger partial charge in [-0.2, -0.15) is 0 Å². The molecule has 1 fully saturated rings. The lowest BCUT2D eigenvalue weighted by atomic mass is 10.2. The summed E-state index contributed by atoms with van der Waals surface area (Å²) in [6.07, 6.45) is 0. The average Bonchev–Trinajstić information content (AvgIpc) is 2.43. The van der Waals surface area contributed by atoms with Gasteiger partial charge in [-0.3, -0.25) is 0 Å². The number of rotatable bonds is 3. The minimum absolute atomic E-state index is 0.715. The van der Waals surface area contributed by atoms with Crippen LogP contribution in [-0.4, -0.2) is 32.9 Å². The Balaban J connectivity index is 0.000000686. The first kappa shape index (κ1) is 13.8. The predicted molar refractivity (Wildman–Crippen MR) is 72.0 cm³/mol. The van der Waals surface area contributed by atoms with Crippen molar-refractivity contribution in [3.63, 3.8) is 0 Å². The van der Waals surface area contributed by atoms with E-state index in [0.29, 0.717) is 6.61 Å². The van der Waals surface area contributed by atoms with Gasteiger partial charge in [0.25, 0.3) is 0 Å². The number of benzene rings is 1. The molecular formula is C14H23NO2. The van der Waals surface area contributed by atoms with Gasteiger partial charge in [0.15, 0.2) is 0 Å².